The first-order valence-corrected chi connectivity index (χ1v) is 3.75. The van der Waals surface area contributed by atoms with Gasteiger partial charge >= 0.3 is 0 Å². The lowest BCUT2D eigenvalue weighted by molar-refractivity contribution is 0.437. The standard InChI is InChI=1S/C7H14N2/c1-8-6-4-9-5-7(6)2-3-7/h6,8-9H,2-5H2,1H3/t6-/m0/s1. The summed E-state index contributed by atoms with van der Waals surface area (Å²) in [4.78, 5) is 0. The Bertz CT molecular complexity index is 118. The first-order chi connectivity index (χ1) is 4.37. The second kappa shape index (κ2) is 1.70. The van der Waals surface area contributed by atoms with E-state index >= 15 is 0 Å². The summed E-state index contributed by atoms with van der Waals surface area (Å²) in [5.74, 6) is 0. The molecule has 52 valence electrons. The van der Waals surface area contributed by atoms with Crippen LogP contribution in [-0.4, -0.2) is 26.2 Å². The summed E-state index contributed by atoms with van der Waals surface area (Å²) in [6, 6.07) is 0.762. The molecule has 0 aromatic heterocycles. The zero-order chi connectivity index (χ0) is 6.32. The predicted molar refractivity (Wildman–Crippen MR) is 37.4 cm³/mol. The van der Waals surface area contributed by atoms with E-state index < -0.39 is 0 Å². The third-order valence-corrected chi connectivity index (χ3v) is 2.81. The van der Waals surface area contributed by atoms with E-state index in [0.29, 0.717) is 5.41 Å². The Morgan fingerprint density at radius 2 is 2.33 bits per heavy atom. The molecule has 1 saturated carbocycles. The molecule has 1 saturated heterocycles. The Balaban J connectivity index is 2.05. The highest BCUT2D eigenvalue weighted by molar-refractivity contribution is 5.08. The second-order valence-corrected chi connectivity index (χ2v) is 3.33. The van der Waals surface area contributed by atoms with Crippen molar-refractivity contribution in [2.75, 3.05) is 20.1 Å². The molecule has 2 nitrogen and oxygen atoms in total. The fourth-order valence-electron chi connectivity index (χ4n) is 1.90. The van der Waals surface area contributed by atoms with Gasteiger partial charge in [0.2, 0.25) is 0 Å². The van der Waals surface area contributed by atoms with Gasteiger partial charge in [0.05, 0.1) is 0 Å². The van der Waals surface area contributed by atoms with Gasteiger partial charge in [-0.05, 0) is 25.3 Å². The molecular formula is C7H14N2. The summed E-state index contributed by atoms with van der Waals surface area (Å²) in [6.45, 7) is 2.43. The summed E-state index contributed by atoms with van der Waals surface area (Å²) in [5, 5.41) is 6.77. The van der Waals surface area contributed by atoms with Crippen molar-refractivity contribution in [2.24, 2.45) is 5.41 Å². The highest BCUT2D eigenvalue weighted by atomic mass is 15.1. The largest absolute Gasteiger partial charge is 0.315 e. The smallest absolute Gasteiger partial charge is 0.0257 e. The van der Waals surface area contributed by atoms with Crippen molar-refractivity contribution < 1.29 is 0 Å². The first-order valence-electron chi connectivity index (χ1n) is 3.75. The van der Waals surface area contributed by atoms with E-state index in [1.165, 1.54) is 25.9 Å². The third kappa shape index (κ3) is 0.700. The van der Waals surface area contributed by atoms with Gasteiger partial charge in [-0.1, -0.05) is 0 Å². The van der Waals surface area contributed by atoms with Crippen LogP contribution in [0.1, 0.15) is 12.8 Å². The maximum Gasteiger partial charge on any atom is 0.0257 e. The molecule has 2 fully saturated rings. The summed E-state index contributed by atoms with van der Waals surface area (Å²) >= 11 is 0. The molecule has 2 heteroatoms. The van der Waals surface area contributed by atoms with Crippen LogP contribution in [0.5, 0.6) is 0 Å². The molecule has 1 atom stereocenters. The van der Waals surface area contributed by atoms with Crippen LogP contribution in [0.25, 0.3) is 0 Å². The van der Waals surface area contributed by atoms with Crippen molar-refractivity contribution in [1.29, 1.82) is 0 Å². The van der Waals surface area contributed by atoms with Gasteiger partial charge in [0.15, 0.2) is 0 Å². The molecule has 0 unspecified atom stereocenters. The number of nitrogens with one attached hydrogen (secondary N) is 2. The predicted octanol–water partition coefficient (Wildman–Crippen LogP) is -0.0422. The Morgan fingerprint density at radius 3 is 2.78 bits per heavy atom. The minimum Gasteiger partial charge on any atom is -0.315 e. The number of likely N-dealkylation sites (N-methyl/N-ethyl adjacent to an activating group) is 1. The third-order valence-electron chi connectivity index (χ3n) is 2.81. The van der Waals surface area contributed by atoms with Gasteiger partial charge in [0.1, 0.15) is 0 Å². The Labute approximate surface area is 56.0 Å². The molecule has 0 aromatic rings. The normalized spacial score (nSPS) is 37.7. The number of hydrogen-bond donors (Lipinski definition) is 2. The lowest BCUT2D eigenvalue weighted by Gasteiger charge is -2.14. The topological polar surface area (TPSA) is 24.1 Å². The maximum absolute atomic E-state index is 3.41. The van der Waals surface area contributed by atoms with Gasteiger partial charge in [-0.15, -0.1) is 0 Å². The van der Waals surface area contributed by atoms with E-state index in [9.17, 15) is 0 Å². The quantitative estimate of drug-likeness (QED) is 0.515. The van der Waals surface area contributed by atoms with Crippen LogP contribution < -0.4 is 10.6 Å². The minimum absolute atomic E-state index is 0.689. The van der Waals surface area contributed by atoms with Gasteiger partial charge < -0.3 is 10.6 Å². The molecule has 0 radical (unpaired) electrons. The van der Waals surface area contributed by atoms with Gasteiger partial charge in [-0.3, -0.25) is 0 Å². The van der Waals surface area contributed by atoms with E-state index in [4.69, 9.17) is 0 Å². The average molecular weight is 126 g/mol. The molecule has 1 aliphatic heterocycles. The molecule has 1 spiro atoms. The van der Waals surface area contributed by atoms with Crippen LogP contribution in [0, 0.1) is 5.41 Å². The highest BCUT2D eigenvalue weighted by Crippen LogP contribution is 2.50. The molecule has 2 rings (SSSR count). The lowest BCUT2D eigenvalue weighted by atomic mass is 10.0. The number of hydrogen-bond acceptors (Lipinski definition) is 2. The van der Waals surface area contributed by atoms with Crippen molar-refractivity contribution in [2.45, 2.75) is 18.9 Å². The molecule has 1 aliphatic carbocycles. The van der Waals surface area contributed by atoms with Crippen LogP contribution in [0.3, 0.4) is 0 Å². The van der Waals surface area contributed by atoms with Gasteiger partial charge in [0.25, 0.3) is 0 Å². The van der Waals surface area contributed by atoms with Crippen molar-refractivity contribution in [1.82, 2.24) is 10.6 Å². The second-order valence-electron chi connectivity index (χ2n) is 3.33. The summed E-state index contributed by atoms with van der Waals surface area (Å²) < 4.78 is 0. The van der Waals surface area contributed by atoms with E-state index in [-0.39, 0.29) is 0 Å². The fourth-order valence-corrected chi connectivity index (χ4v) is 1.90. The van der Waals surface area contributed by atoms with Gasteiger partial charge in [-0.25, -0.2) is 0 Å². The van der Waals surface area contributed by atoms with Gasteiger partial charge in [0, 0.05) is 19.1 Å². The summed E-state index contributed by atoms with van der Waals surface area (Å²) in [6.07, 6.45) is 2.87. The molecule has 1 heterocycles. The zero-order valence-electron chi connectivity index (χ0n) is 5.91. The number of rotatable bonds is 1. The van der Waals surface area contributed by atoms with Gasteiger partial charge in [-0.2, -0.15) is 0 Å². The van der Waals surface area contributed by atoms with E-state index in [1.54, 1.807) is 0 Å². The van der Waals surface area contributed by atoms with Crippen LogP contribution in [0.2, 0.25) is 0 Å². The highest BCUT2D eigenvalue weighted by Gasteiger charge is 2.51. The summed E-state index contributed by atoms with van der Waals surface area (Å²) in [7, 11) is 2.07. The van der Waals surface area contributed by atoms with Crippen molar-refractivity contribution in [3.8, 4) is 0 Å². The lowest BCUT2D eigenvalue weighted by Crippen LogP contribution is -2.33. The maximum atomic E-state index is 3.41. The molecular weight excluding hydrogens is 112 g/mol. The van der Waals surface area contributed by atoms with E-state index in [2.05, 4.69) is 17.7 Å². The molecule has 2 N–H and O–H groups in total. The Kier molecular flexibility index (Phi) is 1.08. The Hall–Kier alpha value is -0.0800. The van der Waals surface area contributed by atoms with Crippen LogP contribution in [0.15, 0.2) is 0 Å². The zero-order valence-corrected chi connectivity index (χ0v) is 5.91. The summed E-state index contributed by atoms with van der Waals surface area (Å²) in [5.41, 5.74) is 0.689. The monoisotopic (exact) mass is 126 g/mol. The van der Waals surface area contributed by atoms with Crippen molar-refractivity contribution in [3.05, 3.63) is 0 Å². The van der Waals surface area contributed by atoms with Crippen LogP contribution in [0.4, 0.5) is 0 Å². The van der Waals surface area contributed by atoms with Crippen molar-refractivity contribution >= 4 is 0 Å². The van der Waals surface area contributed by atoms with Crippen LogP contribution in [-0.2, 0) is 0 Å². The first kappa shape index (κ1) is 5.69. The molecule has 0 amide bonds. The molecule has 0 bridgehead atoms. The van der Waals surface area contributed by atoms with E-state index in [1.807, 2.05) is 0 Å². The Morgan fingerprint density at radius 1 is 1.56 bits per heavy atom. The fraction of sp³-hybridized carbons (Fsp3) is 1.00. The van der Waals surface area contributed by atoms with Crippen molar-refractivity contribution in [3.63, 3.8) is 0 Å². The van der Waals surface area contributed by atoms with E-state index in [0.717, 1.165) is 6.04 Å². The SMILES string of the molecule is CN[C@H]1CNCC12CC2. The molecule has 2 aliphatic rings. The van der Waals surface area contributed by atoms with Crippen LogP contribution >= 0.6 is 0 Å². The average Bonchev–Trinajstić information content (AvgIpc) is 2.45. The molecule has 0 aromatic carbocycles. The minimum atomic E-state index is 0.689. The molecule has 9 heavy (non-hydrogen) atoms.